The summed E-state index contributed by atoms with van der Waals surface area (Å²) in [6.07, 6.45) is 9.87. The fraction of sp³-hybridized carbons (Fsp3) is 0.357. The highest BCUT2D eigenvalue weighted by atomic mass is 35.5. The minimum atomic E-state index is -0.279. The molecule has 10 heteroatoms. The summed E-state index contributed by atoms with van der Waals surface area (Å²) in [5.41, 5.74) is 4.68. The standard InChI is InChI=1S/C18H18ClN3O.C10H4Cl2N2O/c19-16-9-13-12(11-21-16)8-15(23)14(10-20)17(13)22-6-4-18(5-7-22)2-1-3-18;11-9-2-6-5(4-14-9)1-8(15)7(3-13)10(6)12/h9,11H,1-8H2;2,4H,1H2. The van der Waals surface area contributed by atoms with Crippen molar-refractivity contribution in [3.05, 3.63) is 68.2 Å². The van der Waals surface area contributed by atoms with Crippen LogP contribution in [-0.4, -0.2) is 39.5 Å². The lowest BCUT2D eigenvalue weighted by atomic mass is 9.63. The van der Waals surface area contributed by atoms with Crippen LogP contribution in [0.15, 0.2) is 35.7 Å². The maximum absolute atomic E-state index is 12.4. The molecule has 1 spiro atoms. The Hall–Kier alpha value is -3.23. The summed E-state index contributed by atoms with van der Waals surface area (Å²) < 4.78 is 0. The van der Waals surface area contributed by atoms with Crippen molar-refractivity contribution in [1.29, 1.82) is 10.5 Å². The van der Waals surface area contributed by atoms with Gasteiger partial charge in [0.2, 0.25) is 0 Å². The Morgan fingerprint density at radius 3 is 1.84 bits per heavy atom. The normalized spacial score (nSPS) is 19.6. The summed E-state index contributed by atoms with van der Waals surface area (Å²) >= 11 is 17.7. The quantitative estimate of drug-likeness (QED) is 0.407. The van der Waals surface area contributed by atoms with Crippen molar-refractivity contribution in [1.82, 2.24) is 14.9 Å². The first-order valence-corrected chi connectivity index (χ1v) is 13.4. The Labute approximate surface area is 235 Å². The monoisotopic (exact) mass is 565 g/mol. The van der Waals surface area contributed by atoms with Gasteiger partial charge in [-0.3, -0.25) is 9.59 Å². The van der Waals surface area contributed by atoms with Crippen LogP contribution in [0.3, 0.4) is 0 Å². The molecule has 2 aromatic rings. The highest BCUT2D eigenvalue weighted by Gasteiger charge is 2.41. The van der Waals surface area contributed by atoms with Crippen LogP contribution < -0.4 is 0 Å². The Kier molecular flexibility index (Phi) is 7.29. The topological polar surface area (TPSA) is 111 Å². The first-order chi connectivity index (χ1) is 18.2. The van der Waals surface area contributed by atoms with E-state index >= 15 is 0 Å². The molecule has 0 radical (unpaired) electrons. The van der Waals surface area contributed by atoms with Gasteiger partial charge in [-0.15, -0.1) is 0 Å². The average Bonchev–Trinajstić information content (AvgIpc) is 2.88. The van der Waals surface area contributed by atoms with Crippen molar-refractivity contribution in [2.75, 3.05) is 13.1 Å². The van der Waals surface area contributed by atoms with Gasteiger partial charge in [0, 0.05) is 49.5 Å². The van der Waals surface area contributed by atoms with Crippen molar-refractivity contribution in [3.8, 4) is 12.1 Å². The predicted octanol–water partition coefficient (Wildman–Crippen LogP) is 5.69. The van der Waals surface area contributed by atoms with Crippen LogP contribution in [0.4, 0.5) is 0 Å². The number of nitriles is 2. The number of ketones is 2. The van der Waals surface area contributed by atoms with E-state index in [1.807, 2.05) is 0 Å². The van der Waals surface area contributed by atoms with E-state index < -0.39 is 0 Å². The summed E-state index contributed by atoms with van der Waals surface area (Å²) in [5.74, 6) is -0.387. The van der Waals surface area contributed by atoms with E-state index in [2.05, 4.69) is 20.9 Å². The zero-order valence-electron chi connectivity index (χ0n) is 20.4. The van der Waals surface area contributed by atoms with Gasteiger partial charge in [-0.05, 0) is 54.4 Å². The lowest BCUT2D eigenvalue weighted by Gasteiger charge is -2.49. The van der Waals surface area contributed by atoms with Crippen LogP contribution in [0, 0.1) is 28.1 Å². The van der Waals surface area contributed by atoms with E-state index in [1.54, 1.807) is 24.4 Å². The van der Waals surface area contributed by atoms with Gasteiger partial charge in [-0.1, -0.05) is 41.2 Å². The zero-order chi connectivity index (χ0) is 27.0. The van der Waals surface area contributed by atoms with Gasteiger partial charge < -0.3 is 4.90 Å². The van der Waals surface area contributed by atoms with Gasteiger partial charge in [0.25, 0.3) is 0 Å². The number of allylic oxidation sites excluding steroid dienone is 2. The van der Waals surface area contributed by atoms with Crippen molar-refractivity contribution in [3.63, 3.8) is 0 Å². The fourth-order valence-corrected chi connectivity index (χ4v) is 6.25. The second-order valence-electron chi connectivity index (χ2n) is 10.0. The van der Waals surface area contributed by atoms with Gasteiger partial charge in [0.15, 0.2) is 11.6 Å². The molecule has 7 nitrogen and oxygen atoms in total. The molecule has 0 atom stereocenters. The Morgan fingerprint density at radius 2 is 1.32 bits per heavy atom. The number of carbonyl (C=O) groups is 2. The highest BCUT2D eigenvalue weighted by Crippen LogP contribution is 2.50. The van der Waals surface area contributed by atoms with Gasteiger partial charge in [-0.2, -0.15) is 10.5 Å². The molecule has 1 saturated heterocycles. The molecule has 1 aliphatic heterocycles. The number of rotatable bonds is 1. The fourth-order valence-electron chi connectivity index (χ4n) is 5.61. The van der Waals surface area contributed by atoms with Crippen LogP contribution >= 0.6 is 34.8 Å². The number of hydrogen-bond donors (Lipinski definition) is 0. The molecule has 0 N–H and O–H groups in total. The van der Waals surface area contributed by atoms with Crippen LogP contribution in [0.2, 0.25) is 10.3 Å². The number of hydrogen-bond acceptors (Lipinski definition) is 7. The average molecular weight is 567 g/mol. The van der Waals surface area contributed by atoms with Gasteiger partial charge >= 0.3 is 0 Å². The molecule has 38 heavy (non-hydrogen) atoms. The predicted molar refractivity (Wildman–Crippen MR) is 144 cm³/mol. The van der Waals surface area contributed by atoms with Crippen LogP contribution in [0.1, 0.15) is 54.4 Å². The number of carbonyl (C=O) groups excluding carboxylic acids is 2. The molecule has 2 fully saturated rings. The third-order valence-electron chi connectivity index (χ3n) is 7.89. The van der Waals surface area contributed by atoms with Crippen molar-refractivity contribution in [2.24, 2.45) is 5.41 Å². The number of piperidine rings is 1. The minimum absolute atomic E-state index is 0.00793. The van der Waals surface area contributed by atoms with Gasteiger partial charge in [0.1, 0.15) is 33.6 Å². The third-order valence-corrected chi connectivity index (χ3v) is 8.70. The molecule has 0 bridgehead atoms. The van der Waals surface area contributed by atoms with E-state index in [9.17, 15) is 14.9 Å². The molecule has 6 rings (SSSR count). The largest absolute Gasteiger partial charge is 0.370 e. The Morgan fingerprint density at radius 1 is 0.789 bits per heavy atom. The van der Waals surface area contributed by atoms with Crippen LogP contribution in [-0.2, 0) is 22.4 Å². The van der Waals surface area contributed by atoms with Crippen LogP contribution in [0.5, 0.6) is 0 Å². The molecule has 0 aromatic carbocycles. The molecule has 3 heterocycles. The summed E-state index contributed by atoms with van der Waals surface area (Å²) in [6.45, 7) is 1.82. The van der Waals surface area contributed by atoms with Crippen molar-refractivity contribution < 1.29 is 9.59 Å². The molecule has 192 valence electrons. The van der Waals surface area contributed by atoms with E-state index in [4.69, 9.17) is 40.1 Å². The number of likely N-dealkylation sites (tertiary alicyclic amines) is 1. The SMILES string of the molecule is N#CC1=C(Cl)c2cc(Cl)ncc2CC1=O.N#CC1=C(N2CCC3(CCC3)CC2)c2cc(Cl)ncc2CC1=O. The molecule has 4 aliphatic rings. The molecule has 0 unspecified atom stereocenters. The first kappa shape index (κ1) is 26.4. The number of pyridine rings is 2. The second kappa shape index (κ2) is 10.5. The molecular formula is C28H22Cl3N5O2. The van der Waals surface area contributed by atoms with E-state index in [-0.39, 0.29) is 40.6 Å². The molecule has 1 saturated carbocycles. The van der Waals surface area contributed by atoms with Crippen molar-refractivity contribution in [2.45, 2.75) is 44.9 Å². The zero-order valence-corrected chi connectivity index (χ0v) is 22.6. The molecule has 0 amide bonds. The maximum atomic E-state index is 12.4. The lowest BCUT2D eigenvalue weighted by Crippen LogP contribution is -2.43. The van der Waals surface area contributed by atoms with E-state index in [0.717, 1.165) is 42.8 Å². The summed E-state index contributed by atoms with van der Waals surface area (Å²) in [4.78, 5) is 34.0. The number of aromatic nitrogens is 2. The van der Waals surface area contributed by atoms with E-state index in [0.29, 0.717) is 26.8 Å². The lowest BCUT2D eigenvalue weighted by molar-refractivity contribution is -0.115. The highest BCUT2D eigenvalue weighted by molar-refractivity contribution is 6.52. The second-order valence-corrected chi connectivity index (χ2v) is 11.2. The van der Waals surface area contributed by atoms with Crippen molar-refractivity contribution >= 4 is 57.1 Å². The molecular weight excluding hydrogens is 545 g/mol. The maximum Gasteiger partial charge on any atom is 0.179 e. The van der Waals surface area contributed by atoms with Gasteiger partial charge in [0.05, 0.1) is 10.7 Å². The summed E-state index contributed by atoms with van der Waals surface area (Å²) in [5, 5.41) is 19.1. The number of Topliss-reactive ketones (excluding diaryl/α,β-unsaturated/α-hetero) is 2. The first-order valence-electron chi connectivity index (χ1n) is 12.3. The third kappa shape index (κ3) is 4.83. The Bertz CT molecular complexity index is 1500. The Balaban J connectivity index is 0.000000170. The summed E-state index contributed by atoms with van der Waals surface area (Å²) in [7, 11) is 0. The smallest absolute Gasteiger partial charge is 0.179 e. The molecule has 3 aliphatic carbocycles. The van der Waals surface area contributed by atoms with E-state index in [1.165, 1.54) is 25.5 Å². The van der Waals surface area contributed by atoms with Crippen LogP contribution in [0.25, 0.3) is 10.7 Å². The molecule has 2 aromatic heterocycles. The number of halogens is 3. The number of nitrogens with zero attached hydrogens (tertiary/aromatic N) is 5. The van der Waals surface area contributed by atoms with Gasteiger partial charge in [-0.25, -0.2) is 9.97 Å². The number of fused-ring (bicyclic) bond motifs is 2. The minimum Gasteiger partial charge on any atom is -0.370 e. The summed E-state index contributed by atoms with van der Waals surface area (Å²) in [6, 6.07) is 7.29.